The van der Waals surface area contributed by atoms with Gasteiger partial charge in [-0.05, 0) is 26.1 Å². The quantitative estimate of drug-likeness (QED) is 0.773. The van der Waals surface area contributed by atoms with Crippen LogP contribution >= 0.6 is 11.8 Å². The van der Waals surface area contributed by atoms with Gasteiger partial charge in [-0.3, -0.25) is 0 Å². The van der Waals surface area contributed by atoms with E-state index in [4.69, 9.17) is 4.52 Å². The zero-order valence-corrected chi connectivity index (χ0v) is 10.4. The largest absolute Gasteiger partial charge is 0.339 e. The first-order valence-corrected chi connectivity index (χ1v) is 6.48. The summed E-state index contributed by atoms with van der Waals surface area (Å²) in [6, 6.07) is 0.491. The average molecular weight is 229 g/mol. The molecule has 0 bridgehead atoms. The summed E-state index contributed by atoms with van der Waals surface area (Å²) in [5.74, 6) is 3.50. The Kier molecular flexibility index (Phi) is 5.71. The van der Waals surface area contributed by atoms with Crippen LogP contribution in [0.1, 0.15) is 32.0 Å². The lowest BCUT2D eigenvalue weighted by Gasteiger charge is -2.06. The van der Waals surface area contributed by atoms with Crippen LogP contribution in [0.5, 0.6) is 0 Å². The van der Waals surface area contributed by atoms with Gasteiger partial charge in [0.2, 0.25) is 5.89 Å². The van der Waals surface area contributed by atoms with Crippen molar-refractivity contribution in [3.63, 3.8) is 0 Å². The molecule has 1 atom stereocenters. The second-order valence-electron chi connectivity index (χ2n) is 3.47. The van der Waals surface area contributed by atoms with E-state index in [0.717, 1.165) is 36.1 Å². The third-order valence-electron chi connectivity index (χ3n) is 2.23. The molecule has 1 heterocycles. The second-order valence-corrected chi connectivity index (χ2v) is 4.74. The monoisotopic (exact) mass is 229 g/mol. The fourth-order valence-corrected chi connectivity index (χ4v) is 1.63. The van der Waals surface area contributed by atoms with Gasteiger partial charge in [-0.1, -0.05) is 12.1 Å². The Hall–Kier alpha value is -0.550. The number of hydrogen-bond donors (Lipinski definition) is 1. The number of hydrogen-bond acceptors (Lipinski definition) is 5. The molecule has 0 saturated heterocycles. The number of nitrogens with zero attached hydrogens (tertiary/aromatic N) is 2. The molecule has 1 aromatic rings. The Morgan fingerprint density at radius 3 is 3.00 bits per heavy atom. The first-order valence-electron chi connectivity index (χ1n) is 5.32. The molecular formula is C10H19N3OS. The van der Waals surface area contributed by atoms with Crippen LogP contribution < -0.4 is 5.32 Å². The van der Waals surface area contributed by atoms with Crippen LogP contribution in [-0.4, -0.2) is 29.0 Å². The number of aryl methyl sites for hydroxylation is 1. The van der Waals surface area contributed by atoms with Gasteiger partial charge in [-0.15, -0.1) is 0 Å². The molecule has 0 aliphatic rings. The highest BCUT2D eigenvalue weighted by atomic mass is 32.2. The lowest BCUT2D eigenvalue weighted by Crippen LogP contribution is -2.21. The van der Waals surface area contributed by atoms with E-state index in [1.807, 2.05) is 7.05 Å². The molecule has 86 valence electrons. The van der Waals surface area contributed by atoms with Crippen molar-refractivity contribution in [3.05, 3.63) is 11.7 Å². The SMILES string of the molecule is CCSCc1noc(CCC(C)NC)n1. The van der Waals surface area contributed by atoms with E-state index in [9.17, 15) is 0 Å². The summed E-state index contributed by atoms with van der Waals surface area (Å²) in [5, 5.41) is 7.11. The first kappa shape index (κ1) is 12.5. The lowest BCUT2D eigenvalue weighted by molar-refractivity contribution is 0.365. The second kappa shape index (κ2) is 6.85. The summed E-state index contributed by atoms with van der Waals surface area (Å²) in [4.78, 5) is 4.33. The van der Waals surface area contributed by atoms with Crippen molar-refractivity contribution >= 4 is 11.8 Å². The van der Waals surface area contributed by atoms with Gasteiger partial charge >= 0.3 is 0 Å². The maximum absolute atomic E-state index is 5.15. The Morgan fingerprint density at radius 2 is 2.33 bits per heavy atom. The van der Waals surface area contributed by atoms with E-state index in [0.29, 0.717) is 6.04 Å². The van der Waals surface area contributed by atoms with Crippen molar-refractivity contribution in [3.8, 4) is 0 Å². The molecule has 1 rings (SSSR count). The van der Waals surface area contributed by atoms with Crippen molar-refractivity contribution in [2.45, 2.75) is 38.5 Å². The highest BCUT2D eigenvalue weighted by Gasteiger charge is 2.07. The molecule has 0 amide bonds. The van der Waals surface area contributed by atoms with Crippen molar-refractivity contribution < 1.29 is 4.52 Å². The van der Waals surface area contributed by atoms with Crippen LogP contribution in [0.3, 0.4) is 0 Å². The van der Waals surface area contributed by atoms with Gasteiger partial charge in [-0.25, -0.2) is 0 Å². The highest BCUT2D eigenvalue weighted by molar-refractivity contribution is 7.98. The fraction of sp³-hybridized carbons (Fsp3) is 0.800. The van der Waals surface area contributed by atoms with E-state index in [1.165, 1.54) is 0 Å². The third-order valence-corrected chi connectivity index (χ3v) is 3.10. The van der Waals surface area contributed by atoms with Gasteiger partial charge < -0.3 is 9.84 Å². The lowest BCUT2D eigenvalue weighted by atomic mass is 10.2. The number of thioether (sulfide) groups is 1. The Balaban J connectivity index is 2.32. The van der Waals surface area contributed by atoms with E-state index in [2.05, 4.69) is 29.3 Å². The van der Waals surface area contributed by atoms with Crippen LogP contribution in [0.15, 0.2) is 4.52 Å². The topological polar surface area (TPSA) is 51.0 Å². The van der Waals surface area contributed by atoms with Gasteiger partial charge in [0, 0.05) is 12.5 Å². The van der Waals surface area contributed by atoms with Crippen molar-refractivity contribution in [1.82, 2.24) is 15.5 Å². The molecule has 15 heavy (non-hydrogen) atoms. The minimum atomic E-state index is 0.491. The summed E-state index contributed by atoms with van der Waals surface area (Å²) in [7, 11) is 1.96. The summed E-state index contributed by atoms with van der Waals surface area (Å²) in [6.45, 7) is 4.27. The zero-order valence-electron chi connectivity index (χ0n) is 9.62. The van der Waals surface area contributed by atoms with Crippen molar-refractivity contribution in [2.75, 3.05) is 12.8 Å². The van der Waals surface area contributed by atoms with Gasteiger partial charge in [0.15, 0.2) is 5.82 Å². The van der Waals surface area contributed by atoms with E-state index in [-0.39, 0.29) is 0 Å². The molecule has 0 saturated carbocycles. The van der Waals surface area contributed by atoms with Gasteiger partial charge in [0.05, 0.1) is 5.75 Å². The minimum absolute atomic E-state index is 0.491. The standard InChI is InChI=1S/C10H19N3OS/c1-4-15-7-9-12-10(14-13-9)6-5-8(2)11-3/h8,11H,4-7H2,1-3H3. The van der Waals surface area contributed by atoms with Crippen LogP contribution in [-0.2, 0) is 12.2 Å². The number of nitrogens with one attached hydrogen (secondary N) is 1. The molecule has 1 N–H and O–H groups in total. The van der Waals surface area contributed by atoms with Crippen LogP contribution in [0.25, 0.3) is 0 Å². The predicted octanol–water partition coefficient (Wildman–Crippen LogP) is 1.86. The molecule has 0 aliphatic carbocycles. The summed E-state index contributed by atoms with van der Waals surface area (Å²) in [6.07, 6.45) is 1.88. The van der Waals surface area contributed by atoms with Crippen LogP contribution in [0, 0.1) is 0 Å². The molecule has 1 unspecified atom stereocenters. The normalized spacial score (nSPS) is 13.0. The third kappa shape index (κ3) is 4.66. The molecule has 1 aromatic heterocycles. The molecule has 0 radical (unpaired) electrons. The molecule has 5 heteroatoms. The zero-order chi connectivity index (χ0) is 11.1. The molecule has 0 spiro atoms. The number of aromatic nitrogens is 2. The Bertz CT molecular complexity index is 277. The van der Waals surface area contributed by atoms with Crippen molar-refractivity contribution in [1.29, 1.82) is 0 Å². The smallest absolute Gasteiger partial charge is 0.226 e. The van der Waals surface area contributed by atoms with Gasteiger partial charge in [-0.2, -0.15) is 16.7 Å². The minimum Gasteiger partial charge on any atom is -0.339 e. The predicted molar refractivity (Wildman–Crippen MR) is 63.0 cm³/mol. The summed E-state index contributed by atoms with van der Waals surface area (Å²) < 4.78 is 5.15. The molecule has 4 nitrogen and oxygen atoms in total. The van der Waals surface area contributed by atoms with E-state index >= 15 is 0 Å². The highest BCUT2D eigenvalue weighted by Crippen LogP contribution is 2.09. The van der Waals surface area contributed by atoms with E-state index in [1.54, 1.807) is 11.8 Å². The first-order chi connectivity index (χ1) is 7.26. The molecule has 0 fully saturated rings. The van der Waals surface area contributed by atoms with E-state index < -0.39 is 0 Å². The van der Waals surface area contributed by atoms with Gasteiger partial charge in [0.25, 0.3) is 0 Å². The average Bonchev–Trinajstić information content (AvgIpc) is 2.71. The fourth-order valence-electron chi connectivity index (χ4n) is 1.13. The van der Waals surface area contributed by atoms with Crippen LogP contribution in [0.2, 0.25) is 0 Å². The molecule has 0 aromatic carbocycles. The maximum Gasteiger partial charge on any atom is 0.226 e. The number of rotatable bonds is 7. The van der Waals surface area contributed by atoms with Gasteiger partial charge in [0.1, 0.15) is 0 Å². The maximum atomic E-state index is 5.15. The summed E-state index contributed by atoms with van der Waals surface area (Å²) >= 11 is 1.81. The molecule has 0 aliphatic heterocycles. The van der Waals surface area contributed by atoms with Crippen LogP contribution in [0.4, 0.5) is 0 Å². The van der Waals surface area contributed by atoms with Crippen molar-refractivity contribution in [2.24, 2.45) is 0 Å². The Morgan fingerprint density at radius 1 is 1.53 bits per heavy atom. The summed E-state index contributed by atoms with van der Waals surface area (Å²) in [5.41, 5.74) is 0. The molecular weight excluding hydrogens is 210 g/mol. The Labute approximate surface area is 95.2 Å².